The minimum atomic E-state index is -4.69. The summed E-state index contributed by atoms with van der Waals surface area (Å²) in [6.07, 6.45) is -3.99. The van der Waals surface area contributed by atoms with E-state index in [0.717, 1.165) is 18.2 Å². The quantitative estimate of drug-likeness (QED) is 0.347. The fourth-order valence-corrected chi connectivity index (χ4v) is 4.67. The molecule has 0 spiro atoms. The van der Waals surface area contributed by atoms with Gasteiger partial charge >= 0.3 is 16.3 Å². The van der Waals surface area contributed by atoms with E-state index in [9.17, 15) is 26.4 Å². The van der Waals surface area contributed by atoms with Crippen LogP contribution in [0.4, 0.5) is 13.2 Å². The Balaban J connectivity index is 1.50. The van der Waals surface area contributed by atoms with Gasteiger partial charge in [0, 0.05) is 18.2 Å². The van der Waals surface area contributed by atoms with Crippen molar-refractivity contribution in [2.45, 2.75) is 43.9 Å². The number of halogens is 3. The molecule has 1 atom stereocenters. The highest BCUT2D eigenvalue weighted by molar-refractivity contribution is 7.87. The Morgan fingerprint density at radius 2 is 1.73 bits per heavy atom. The zero-order valence-corrected chi connectivity index (χ0v) is 20.8. The monoisotopic (exact) mass is 535 g/mol. The van der Waals surface area contributed by atoms with Crippen molar-refractivity contribution in [3.8, 4) is 17.2 Å². The van der Waals surface area contributed by atoms with Gasteiger partial charge in [0.1, 0.15) is 10.6 Å². The molecule has 11 heteroatoms. The maximum Gasteiger partial charge on any atom is 0.416 e. The molecule has 0 aromatic heterocycles. The molecule has 0 saturated carbocycles. The van der Waals surface area contributed by atoms with Crippen LogP contribution >= 0.6 is 0 Å². The SMILES string of the molecule is CCC(C)N(Cc1ccc(OS(=O)(=O)c2cccc(C(F)(F)F)c2)cc1)C(=O)c1ccc2c(c1)OCO2. The van der Waals surface area contributed by atoms with Crippen molar-refractivity contribution in [3.63, 3.8) is 0 Å². The highest BCUT2D eigenvalue weighted by Gasteiger charge is 2.32. The summed E-state index contributed by atoms with van der Waals surface area (Å²) in [6, 6.07) is 14.2. The third-order valence-electron chi connectivity index (χ3n) is 5.94. The minimum absolute atomic E-state index is 0.0710. The summed E-state index contributed by atoms with van der Waals surface area (Å²) >= 11 is 0. The van der Waals surface area contributed by atoms with Gasteiger partial charge in [0.15, 0.2) is 11.5 Å². The van der Waals surface area contributed by atoms with Crippen LogP contribution in [0.15, 0.2) is 71.6 Å². The summed E-state index contributed by atoms with van der Waals surface area (Å²) in [6.45, 7) is 4.22. The lowest BCUT2D eigenvalue weighted by Gasteiger charge is -2.29. The summed E-state index contributed by atoms with van der Waals surface area (Å²) < 4.78 is 79.7. The molecule has 1 heterocycles. The number of fused-ring (bicyclic) bond motifs is 1. The van der Waals surface area contributed by atoms with E-state index in [-0.39, 0.29) is 31.0 Å². The van der Waals surface area contributed by atoms with E-state index >= 15 is 0 Å². The molecule has 3 aromatic rings. The second kappa shape index (κ2) is 10.3. The number of carbonyl (C=O) groups excluding carboxylic acids is 1. The third-order valence-corrected chi connectivity index (χ3v) is 7.18. The molecule has 0 bridgehead atoms. The van der Waals surface area contributed by atoms with Crippen molar-refractivity contribution < 1.29 is 40.0 Å². The molecule has 0 N–H and O–H groups in total. The molecule has 0 fully saturated rings. The van der Waals surface area contributed by atoms with Crippen LogP contribution in [0.5, 0.6) is 17.2 Å². The first kappa shape index (κ1) is 26.3. The van der Waals surface area contributed by atoms with Crippen LogP contribution in [0.1, 0.15) is 41.8 Å². The third kappa shape index (κ3) is 5.99. The number of hydrogen-bond donors (Lipinski definition) is 0. The van der Waals surface area contributed by atoms with Crippen molar-refractivity contribution in [1.82, 2.24) is 4.90 Å². The van der Waals surface area contributed by atoms with Crippen LogP contribution in [0.2, 0.25) is 0 Å². The molecule has 37 heavy (non-hydrogen) atoms. The summed E-state index contributed by atoms with van der Waals surface area (Å²) in [5, 5.41) is 0. The number of benzene rings is 3. The Kier molecular flexibility index (Phi) is 7.35. The molecule has 1 aliphatic rings. The molecule has 7 nitrogen and oxygen atoms in total. The first-order valence-corrected chi connectivity index (χ1v) is 12.8. The van der Waals surface area contributed by atoms with Crippen LogP contribution in [0.3, 0.4) is 0 Å². The van der Waals surface area contributed by atoms with E-state index in [1.54, 1.807) is 35.2 Å². The van der Waals surface area contributed by atoms with E-state index in [0.29, 0.717) is 35.1 Å². The fourth-order valence-electron chi connectivity index (χ4n) is 3.69. The predicted octanol–water partition coefficient (Wildman–Crippen LogP) is 5.64. The molecular formula is C26H24F3NO6S. The Labute approximate surface area is 212 Å². The van der Waals surface area contributed by atoms with Crippen molar-refractivity contribution in [1.29, 1.82) is 0 Å². The van der Waals surface area contributed by atoms with Gasteiger partial charge in [0.25, 0.3) is 5.91 Å². The molecule has 1 unspecified atom stereocenters. The standard InChI is InChI=1S/C26H24F3NO6S/c1-3-17(2)30(25(31)19-9-12-23-24(13-19)35-16-34-23)15-18-7-10-21(11-8-18)36-37(32,33)22-6-4-5-20(14-22)26(27,28)29/h4-14,17H,3,15-16H2,1-2H3. The summed E-state index contributed by atoms with van der Waals surface area (Å²) in [5.41, 5.74) is 0.0553. The van der Waals surface area contributed by atoms with Crippen molar-refractivity contribution in [2.75, 3.05) is 6.79 Å². The number of rotatable bonds is 8. The van der Waals surface area contributed by atoms with Gasteiger partial charge in [-0.1, -0.05) is 25.1 Å². The van der Waals surface area contributed by atoms with Gasteiger partial charge in [0.2, 0.25) is 6.79 Å². The van der Waals surface area contributed by atoms with Gasteiger partial charge in [-0.25, -0.2) is 0 Å². The minimum Gasteiger partial charge on any atom is -0.454 e. The zero-order chi connectivity index (χ0) is 26.8. The second-order valence-corrected chi connectivity index (χ2v) is 10.0. The van der Waals surface area contributed by atoms with Crippen LogP contribution in [-0.2, 0) is 22.8 Å². The molecule has 3 aromatic carbocycles. The topological polar surface area (TPSA) is 82.1 Å². The van der Waals surface area contributed by atoms with E-state index < -0.39 is 26.8 Å². The van der Waals surface area contributed by atoms with Gasteiger partial charge in [-0.3, -0.25) is 4.79 Å². The number of nitrogens with zero attached hydrogens (tertiary/aromatic N) is 1. The number of ether oxygens (including phenoxy) is 2. The smallest absolute Gasteiger partial charge is 0.416 e. The van der Waals surface area contributed by atoms with E-state index in [2.05, 4.69) is 0 Å². The van der Waals surface area contributed by atoms with Gasteiger partial charge in [-0.05, 0) is 67.4 Å². The van der Waals surface area contributed by atoms with Crippen molar-refractivity contribution in [2.24, 2.45) is 0 Å². The second-order valence-electron chi connectivity index (χ2n) is 8.47. The normalized spacial score (nSPS) is 13.8. The van der Waals surface area contributed by atoms with Crippen LogP contribution in [-0.4, -0.2) is 32.1 Å². The predicted molar refractivity (Wildman–Crippen MR) is 128 cm³/mol. The van der Waals surface area contributed by atoms with Gasteiger partial charge in [-0.15, -0.1) is 0 Å². The van der Waals surface area contributed by atoms with E-state index in [4.69, 9.17) is 13.7 Å². The molecule has 1 aliphatic heterocycles. The maximum atomic E-state index is 13.3. The molecule has 0 aliphatic carbocycles. The first-order chi connectivity index (χ1) is 17.5. The lowest BCUT2D eigenvalue weighted by atomic mass is 10.1. The Morgan fingerprint density at radius 3 is 2.41 bits per heavy atom. The number of amides is 1. The van der Waals surface area contributed by atoms with E-state index in [1.165, 1.54) is 12.1 Å². The molecule has 196 valence electrons. The van der Waals surface area contributed by atoms with Gasteiger partial charge in [0.05, 0.1) is 5.56 Å². The first-order valence-electron chi connectivity index (χ1n) is 11.4. The average Bonchev–Trinajstić information content (AvgIpc) is 3.35. The number of carbonyl (C=O) groups is 1. The Morgan fingerprint density at radius 1 is 1.03 bits per heavy atom. The van der Waals surface area contributed by atoms with Crippen molar-refractivity contribution in [3.05, 3.63) is 83.4 Å². The molecule has 0 saturated heterocycles. The van der Waals surface area contributed by atoms with Crippen LogP contribution < -0.4 is 13.7 Å². The van der Waals surface area contributed by atoms with Crippen LogP contribution in [0.25, 0.3) is 0 Å². The fraction of sp³-hybridized carbons (Fsp3) is 0.269. The maximum absolute atomic E-state index is 13.3. The molecule has 1 amide bonds. The summed E-state index contributed by atoms with van der Waals surface area (Å²) in [5.74, 6) is 0.791. The Bertz CT molecular complexity index is 1390. The number of alkyl halides is 3. The molecular weight excluding hydrogens is 511 g/mol. The average molecular weight is 536 g/mol. The summed E-state index contributed by atoms with van der Waals surface area (Å²) in [7, 11) is -4.49. The Hall–Kier alpha value is -3.73. The highest BCUT2D eigenvalue weighted by atomic mass is 32.2. The van der Waals surface area contributed by atoms with Crippen molar-refractivity contribution >= 4 is 16.0 Å². The number of hydrogen-bond acceptors (Lipinski definition) is 6. The highest BCUT2D eigenvalue weighted by Crippen LogP contribution is 2.34. The van der Waals surface area contributed by atoms with Gasteiger partial charge < -0.3 is 18.6 Å². The van der Waals surface area contributed by atoms with E-state index in [1.807, 2.05) is 13.8 Å². The summed E-state index contributed by atoms with van der Waals surface area (Å²) in [4.78, 5) is 14.4. The molecule has 4 rings (SSSR count). The van der Waals surface area contributed by atoms with Crippen LogP contribution in [0, 0.1) is 0 Å². The molecule has 0 radical (unpaired) electrons. The van der Waals surface area contributed by atoms with Gasteiger partial charge in [-0.2, -0.15) is 21.6 Å². The lowest BCUT2D eigenvalue weighted by molar-refractivity contribution is -0.137. The zero-order valence-electron chi connectivity index (χ0n) is 20.0. The largest absolute Gasteiger partial charge is 0.454 e. The lowest BCUT2D eigenvalue weighted by Crippen LogP contribution is -2.37.